The van der Waals surface area contributed by atoms with Gasteiger partial charge in [-0.05, 0) is 35.4 Å². The number of piperazine rings is 1. The first-order chi connectivity index (χ1) is 12.6. The summed E-state index contributed by atoms with van der Waals surface area (Å²) in [5.41, 5.74) is 1.86. The highest BCUT2D eigenvalue weighted by Crippen LogP contribution is 2.27. The van der Waals surface area contributed by atoms with Gasteiger partial charge in [0.1, 0.15) is 11.6 Å². The maximum Gasteiger partial charge on any atom is 0.205 e. The van der Waals surface area contributed by atoms with Crippen LogP contribution in [0.4, 0.5) is 16.2 Å². The van der Waals surface area contributed by atoms with Gasteiger partial charge in [-0.3, -0.25) is 0 Å². The van der Waals surface area contributed by atoms with Gasteiger partial charge >= 0.3 is 0 Å². The number of aryl methyl sites for hydroxylation is 1. The van der Waals surface area contributed by atoms with E-state index in [9.17, 15) is 4.39 Å². The Bertz CT molecular complexity index is 918. The zero-order chi connectivity index (χ0) is 18.1. The van der Waals surface area contributed by atoms with Gasteiger partial charge in [-0.1, -0.05) is 17.7 Å². The molecule has 1 fully saturated rings. The Hall–Kier alpha value is -2.60. The van der Waals surface area contributed by atoms with E-state index in [1.165, 1.54) is 6.07 Å². The summed E-state index contributed by atoms with van der Waals surface area (Å²) in [6, 6.07) is 8.72. The molecule has 0 saturated carbocycles. The molecule has 0 radical (unpaired) electrons. The Morgan fingerprint density at radius 3 is 2.35 bits per heavy atom. The van der Waals surface area contributed by atoms with Crippen molar-refractivity contribution in [2.24, 2.45) is 7.05 Å². The van der Waals surface area contributed by atoms with Gasteiger partial charge in [0, 0.05) is 51.8 Å². The van der Waals surface area contributed by atoms with Crippen LogP contribution in [0.5, 0.6) is 0 Å². The number of pyridine rings is 1. The minimum atomic E-state index is -0.407. The minimum absolute atomic E-state index is 0.129. The lowest BCUT2D eigenvalue weighted by Gasteiger charge is -2.36. The van der Waals surface area contributed by atoms with Gasteiger partial charge in [-0.15, -0.1) is 0 Å². The predicted molar refractivity (Wildman–Crippen MR) is 102 cm³/mol. The number of hydrogen-bond donors (Lipinski definition) is 0. The molecular formula is C19H19ClFN5. The van der Waals surface area contributed by atoms with E-state index in [2.05, 4.69) is 19.8 Å². The molecule has 0 spiro atoms. The van der Waals surface area contributed by atoms with E-state index < -0.39 is 5.82 Å². The second-order valence-electron chi connectivity index (χ2n) is 6.34. The molecule has 2 aromatic heterocycles. The Balaban J connectivity index is 1.51. The van der Waals surface area contributed by atoms with E-state index in [0.717, 1.165) is 49.1 Å². The number of rotatable bonds is 3. The average molecular weight is 372 g/mol. The van der Waals surface area contributed by atoms with E-state index in [0.29, 0.717) is 0 Å². The van der Waals surface area contributed by atoms with Crippen LogP contribution in [-0.2, 0) is 7.05 Å². The zero-order valence-electron chi connectivity index (χ0n) is 14.4. The molecule has 26 heavy (non-hydrogen) atoms. The minimum Gasteiger partial charge on any atom is -0.353 e. The van der Waals surface area contributed by atoms with Gasteiger partial charge < -0.3 is 14.4 Å². The van der Waals surface area contributed by atoms with E-state index >= 15 is 0 Å². The third-order valence-electron chi connectivity index (χ3n) is 4.68. The number of nitrogens with zero attached hydrogens (tertiary/aromatic N) is 5. The summed E-state index contributed by atoms with van der Waals surface area (Å²) in [5, 5.41) is 0.129. The van der Waals surface area contributed by atoms with Gasteiger partial charge in [0.25, 0.3) is 0 Å². The summed E-state index contributed by atoms with van der Waals surface area (Å²) in [6.45, 7) is 3.51. The first-order valence-electron chi connectivity index (χ1n) is 8.50. The topological polar surface area (TPSA) is 37.2 Å². The molecule has 1 aliphatic heterocycles. The summed E-state index contributed by atoms with van der Waals surface area (Å²) in [4.78, 5) is 13.5. The SMILES string of the molecule is Cn1ccnc1N1CCN(c2cc(-c3ccc(F)c(Cl)c3)ccn2)CC1. The van der Waals surface area contributed by atoms with Crippen molar-refractivity contribution in [1.29, 1.82) is 0 Å². The summed E-state index contributed by atoms with van der Waals surface area (Å²) >= 11 is 5.92. The largest absolute Gasteiger partial charge is 0.353 e. The molecule has 0 bridgehead atoms. The Labute approximate surface area is 156 Å². The third-order valence-corrected chi connectivity index (χ3v) is 4.97. The molecule has 3 aromatic rings. The van der Waals surface area contributed by atoms with Crippen LogP contribution < -0.4 is 9.80 Å². The third kappa shape index (κ3) is 3.24. The van der Waals surface area contributed by atoms with Crippen LogP contribution in [0.25, 0.3) is 11.1 Å². The lowest BCUT2D eigenvalue weighted by molar-refractivity contribution is 0.625. The van der Waals surface area contributed by atoms with Crippen molar-refractivity contribution < 1.29 is 4.39 Å². The standard InChI is InChI=1S/C19H19ClFN5/c1-24-7-6-23-19(24)26-10-8-25(9-11-26)18-13-15(4-5-22-18)14-2-3-17(21)16(20)12-14/h2-7,12-13H,8-11H2,1H3. The van der Waals surface area contributed by atoms with E-state index in [-0.39, 0.29) is 5.02 Å². The molecule has 134 valence electrons. The molecule has 0 amide bonds. The lowest BCUT2D eigenvalue weighted by Crippen LogP contribution is -2.47. The molecule has 3 heterocycles. The smallest absolute Gasteiger partial charge is 0.205 e. The highest BCUT2D eigenvalue weighted by atomic mass is 35.5. The van der Waals surface area contributed by atoms with E-state index in [1.54, 1.807) is 18.3 Å². The van der Waals surface area contributed by atoms with Gasteiger partial charge in [-0.2, -0.15) is 0 Å². The van der Waals surface area contributed by atoms with Gasteiger partial charge in [0.05, 0.1) is 5.02 Å². The van der Waals surface area contributed by atoms with Crippen molar-refractivity contribution in [3.8, 4) is 11.1 Å². The lowest BCUT2D eigenvalue weighted by atomic mass is 10.1. The van der Waals surface area contributed by atoms with Crippen molar-refractivity contribution in [3.63, 3.8) is 0 Å². The van der Waals surface area contributed by atoms with Crippen molar-refractivity contribution in [2.75, 3.05) is 36.0 Å². The number of aromatic nitrogens is 3. The van der Waals surface area contributed by atoms with Crippen LogP contribution in [0, 0.1) is 5.82 Å². The van der Waals surface area contributed by atoms with E-state index in [1.807, 2.05) is 36.1 Å². The van der Waals surface area contributed by atoms with Crippen molar-refractivity contribution in [1.82, 2.24) is 14.5 Å². The molecule has 1 aromatic carbocycles. The number of halogens is 2. The van der Waals surface area contributed by atoms with Gasteiger partial charge in [0.15, 0.2) is 0 Å². The maximum absolute atomic E-state index is 13.4. The fourth-order valence-electron chi connectivity index (χ4n) is 3.24. The van der Waals surface area contributed by atoms with Crippen LogP contribution in [-0.4, -0.2) is 40.7 Å². The van der Waals surface area contributed by atoms with Crippen LogP contribution in [0.1, 0.15) is 0 Å². The molecular weight excluding hydrogens is 353 g/mol. The molecule has 0 atom stereocenters. The van der Waals surface area contributed by atoms with Gasteiger partial charge in [0.2, 0.25) is 5.95 Å². The number of hydrogen-bond acceptors (Lipinski definition) is 4. The molecule has 5 nitrogen and oxygen atoms in total. The van der Waals surface area contributed by atoms with Crippen LogP contribution >= 0.6 is 11.6 Å². The first-order valence-corrected chi connectivity index (χ1v) is 8.88. The van der Waals surface area contributed by atoms with Crippen LogP contribution in [0.2, 0.25) is 5.02 Å². The Morgan fingerprint density at radius 2 is 1.65 bits per heavy atom. The molecule has 7 heteroatoms. The Kier molecular flexibility index (Phi) is 4.51. The van der Waals surface area contributed by atoms with E-state index in [4.69, 9.17) is 11.6 Å². The molecule has 1 saturated heterocycles. The fourth-order valence-corrected chi connectivity index (χ4v) is 3.43. The molecule has 4 rings (SSSR count). The number of imidazole rings is 1. The quantitative estimate of drug-likeness (QED) is 0.705. The van der Waals surface area contributed by atoms with Crippen LogP contribution in [0.15, 0.2) is 48.9 Å². The number of anilines is 2. The van der Waals surface area contributed by atoms with Crippen molar-refractivity contribution in [2.45, 2.75) is 0 Å². The molecule has 1 aliphatic rings. The second-order valence-corrected chi connectivity index (χ2v) is 6.75. The maximum atomic E-state index is 13.4. The summed E-state index contributed by atoms with van der Waals surface area (Å²) < 4.78 is 15.4. The predicted octanol–water partition coefficient (Wildman–Crippen LogP) is 3.60. The summed E-state index contributed by atoms with van der Waals surface area (Å²) in [5.74, 6) is 1.50. The van der Waals surface area contributed by atoms with Crippen molar-refractivity contribution in [3.05, 3.63) is 59.8 Å². The number of benzene rings is 1. The first kappa shape index (κ1) is 16.8. The van der Waals surface area contributed by atoms with Crippen LogP contribution in [0.3, 0.4) is 0 Å². The molecule has 0 aliphatic carbocycles. The summed E-state index contributed by atoms with van der Waals surface area (Å²) in [7, 11) is 2.01. The highest BCUT2D eigenvalue weighted by molar-refractivity contribution is 6.31. The van der Waals surface area contributed by atoms with Crippen molar-refractivity contribution >= 4 is 23.4 Å². The fraction of sp³-hybridized carbons (Fsp3) is 0.263. The zero-order valence-corrected chi connectivity index (χ0v) is 15.2. The highest BCUT2D eigenvalue weighted by Gasteiger charge is 2.20. The second kappa shape index (κ2) is 6.96. The summed E-state index contributed by atoms with van der Waals surface area (Å²) in [6.07, 6.45) is 5.56. The normalized spacial score (nSPS) is 14.7. The average Bonchev–Trinajstić information content (AvgIpc) is 3.10. The van der Waals surface area contributed by atoms with Gasteiger partial charge in [-0.25, -0.2) is 14.4 Å². The Morgan fingerprint density at radius 1 is 0.923 bits per heavy atom. The molecule has 0 unspecified atom stereocenters. The molecule has 0 N–H and O–H groups in total. The monoisotopic (exact) mass is 371 g/mol.